The van der Waals surface area contributed by atoms with Crippen molar-refractivity contribution >= 4 is 35.1 Å². The summed E-state index contributed by atoms with van der Waals surface area (Å²) in [4.78, 5) is 26.1. The molecule has 0 bridgehead atoms. The van der Waals surface area contributed by atoms with Gasteiger partial charge in [0.15, 0.2) is 0 Å². The van der Waals surface area contributed by atoms with E-state index in [2.05, 4.69) is 0 Å². The number of esters is 1. The standard InChI is InChI=1S/C19H19Cl2NO3/c1-2-25-18(23)10-11-22(13-14-6-8-16(20)9-7-14)19(24)15-4-3-5-17(21)12-15/h3-9,12H,2,10-11,13H2,1H3. The molecule has 0 heterocycles. The first kappa shape index (κ1) is 19.3. The normalized spacial score (nSPS) is 10.4. The molecule has 0 radical (unpaired) electrons. The summed E-state index contributed by atoms with van der Waals surface area (Å²) >= 11 is 11.9. The van der Waals surface area contributed by atoms with Crippen LogP contribution < -0.4 is 0 Å². The van der Waals surface area contributed by atoms with Gasteiger partial charge >= 0.3 is 5.97 Å². The zero-order valence-corrected chi connectivity index (χ0v) is 15.4. The number of amides is 1. The third-order valence-electron chi connectivity index (χ3n) is 3.54. The minimum Gasteiger partial charge on any atom is -0.466 e. The van der Waals surface area contributed by atoms with E-state index in [1.165, 1.54) is 0 Å². The van der Waals surface area contributed by atoms with Gasteiger partial charge in [-0.25, -0.2) is 0 Å². The van der Waals surface area contributed by atoms with Crippen LogP contribution in [0.5, 0.6) is 0 Å². The average molecular weight is 380 g/mol. The summed E-state index contributed by atoms with van der Waals surface area (Å²) in [6, 6.07) is 14.0. The van der Waals surface area contributed by atoms with Gasteiger partial charge in [0.1, 0.15) is 0 Å². The highest BCUT2D eigenvalue weighted by molar-refractivity contribution is 6.31. The van der Waals surface area contributed by atoms with Crippen LogP contribution in [-0.4, -0.2) is 29.9 Å². The molecule has 0 N–H and O–H groups in total. The second-order valence-corrected chi connectivity index (χ2v) is 6.29. The van der Waals surface area contributed by atoms with Gasteiger partial charge in [0.25, 0.3) is 5.91 Å². The molecule has 0 aliphatic heterocycles. The van der Waals surface area contributed by atoms with E-state index < -0.39 is 0 Å². The summed E-state index contributed by atoms with van der Waals surface area (Å²) in [5, 5.41) is 1.12. The smallest absolute Gasteiger partial charge is 0.307 e. The van der Waals surface area contributed by atoms with E-state index in [1.807, 2.05) is 12.1 Å². The maximum Gasteiger partial charge on any atom is 0.307 e. The van der Waals surface area contributed by atoms with Gasteiger partial charge in [0.2, 0.25) is 0 Å². The van der Waals surface area contributed by atoms with Gasteiger partial charge in [-0.2, -0.15) is 0 Å². The van der Waals surface area contributed by atoms with Crippen LogP contribution >= 0.6 is 23.2 Å². The topological polar surface area (TPSA) is 46.6 Å². The fourth-order valence-corrected chi connectivity index (χ4v) is 2.64. The Morgan fingerprint density at radius 1 is 1.04 bits per heavy atom. The highest BCUT2D eigenvalue weighted by Crippen LogP contribution is 2.16. The van der Waals surface area contributed by atoms with Crippen molar-refractivity contribution in [1.82, 2.24) is 4.90 Å². The molecule has 0 aromatic heterocycles. The van der Waals surface area contributed by atoms with Crippen molar-refractivity contribution < 1.29 is 14.3 Å². The Labute approximate surface area is 157 Å². The zero-order valence-electron chi connectivity index (χ0n) is 13.9. The van der Waals surface area contributed by atoms with Crippen molar-refractivity contribution in [1.29, 1.82) is 0 Å². The van der Waals surface area contributed by atoms with Crippen molar-refractivity contribution in [3.05, 3.63) is 69.7 Å². The van der Waals surface area contributed by atoms with Gasteiger partial charge in [-0.1, -0.05) is 41.4 Å². The van der Waals surface area contributed by atoms with Crippen molar-refractivity contribution in [2.24, 2.45) is 0 Å². The number of hydrogen-bond acceptors (Lipinski definition) is 3. The third-order valence-corrected chi connectivity index (χ3v) is 4.02. The molecule has 0 saturated heterocycles. The van der Waals surface area contributed by atoms with Crippen LogP contribution in [0.15, 0.2) is 48.5 Å². The summed E-state index contributed by atoms with van der Waals surface area (Å²) in [5.41, 5.74) is 1.40. The number of benzene rings is 2. The van der Waals surface area contributed by atoms with E-state index in [4.69, 9.17) is 27.9 Å². The Kier molecular flexibility index (Phi) is 7.29. The molecule has 0 aliphatic carbocycles. The molecule has 0 saturated carbocycles. The second kappa shape index (κ2) is 9.44. The van der Waals surface area contributed by atoms with Crippen LogP contribution in [0.1, 0.15) is 29.3 Å². The molecule has 2 aromatic carbocycles. The Hall–Kier alpha value is -2.04. The summed E-state index contributed by atoms with van der Waals surface area (Å²) < 4.78 is 4.95. The maximum atomic E-state index is 12.8. The molecule has 0 atom stereocenters. The van der Waals surface area contributed by atoms with Gasteiger partial charge in [0, 0.05) is 28.7 Å². The number of ether oxygens (including phenoxy) is 1. The Balaban J connectivity index is 2.16. The minimum atomic E-state index is -0.331. The van der Waals surface area contributed by atoms with Crippen molar-refractivity contribution in [3.8, 4) is 0 Å². The fourth-order valence-electron chi connectivity index (χ4n) is 2.33. The lowest BCUT2D eigenvalue weighted by atomic mass is 10.1. The highest BCUT2D eigenvalue weighted by Gasteiger charge is 2.18. The predicted octanol–water partition coefficient (Wildman–Crippen LogP) is 4.59. The van der Waals surface area contributed by atoms with Crippen LogP contribution in [-0.2, 0) is 16.1 Å². The van der Waals surface area contributed by atoms with Gasteiger partial charge in [-0.15, -0.1) is 0 Å². The summed E-state index contributed by atoms with van der Waals surface area (Å²) in [5.74, 6) is -0.524. The van der Waals surface area contributed by atoms with Crippen LogP contribution in [0, 0.1) is 0 Å². The number of halogens is 2. The Morgan fingerprint density at radius 3 is 2.40 bits per heavy atom. The first-order valence-corrected chi connectivity index (χ1v) is 8.70. The molecule has 1 amide bonds. The zero-order chi connectivity index (χ0) is 18.2. The number of carbonyl (C=O) groups is 2. The molecule has 0 aliphatic rings. The lowest BCUT2D eigenvalue weighted by molar-refractivity contribution is -0.143. The largest absolute Gasteiger partial charge is 0.466 e. The summed E-state index contributed by atoms with van der Waals surface area (Å²) in [7, 11) is 0. The van der Waals surface area contributed by atoms with E-state index in [1.54, 1.807) is 48.2 Å². The van der Waals surface area contributed by atoms with E-state index >= 15 is 0 Å². The lowest BCUT2D eigenvalue weighted by Crippen LogP contribution is -2.33. The SMILES string of the molecule is CCOC(=O)CCN(Cc1ccc(Cl)cc1)C(=O)c1cccc(Cl)c1. The first-order chi connectivity index (χ1) is 12.0. The van der Waals surface area contributed by atoms with Crippen LogP contribution in [0.3, 0.4) is 0 Å². The van der Waals surface area contributed by atoms with E-state index in [0.29, 0.717) is 28.8 Å². The fraction of sp³-hybridized carbons (Fsp3) is 0.263. The average Bonchev–Trinajstić information content (AvgIpc) is 2.60. The van der Waals surface area contributed by atoms with E-state index in [-0.39, 0.29) is 24.8 Å². The van der Waals surface area contributed by atoms with Gasteiger partial charge in [-0.3, -0.25) is 9.59 Å². The summed E-state index contributed by atoms with van der Waals surface area (Å²) in [6.45, 7) is 2.69. The number of rotatable bonds is 7. The number of carbonyl (C=O) groups excluding carboxylic acids is 2. The third kappa shape index (κ3) is 6.07. The number of nitrogens with zero attached hydrogens (tertiary/aromatic N) is 1. The predicted molar refractivity (Wildman–Crippen MR) is 98.9 cm³/mol. The van der Waals surface area contributed by atoms with Crippen molar-refractivity contribution in [3.63, 3.8) is 0 Å². The van der Waals surface area contributed by atoms with E-state index in [9.17, 15) is 9.59 Å². The molecule has 6 heteroatoms. The van der Waals surface area contributed by atoms with Crippen molar-refractivity contribution in [2.45, 2.75) is 19.9 Å². The van der Waals surface area contributed by atoms with E-state index in [0.717, 1.165) is 5.56 Å². The van der Waals surface area contributed by atoms with Gasteiger partial charge in [-0.05, 0) is 42.8 Å². The molecular formula is C19H19Cl2NO3. The maximum absolute atomic E-state index is 12.8. The quantitative estimate of drug-likeness (QED) is 0.660. The molecule has 2 rings (SSSR count). The molecule has 0 spiro atoms. The van der Waals surface area contributed by atoms with Crippen LogP contribution in [0.4, 0.5) is 0 Å². The second-order valence-electron chi connectivity index (χ2n) is 5.42. The monoisotopic (exact) mass is 379 g/mol. The van der Waals surface area contributed by atoms with Crippen molar-refractivity contribution in [2.75, 3.05) is 13.2 Å². The van der Waals surface area contributed by atoms with Gasteiger partial charge in [0.05, 0.1) is 13.0 Å². The molecule has 0 fully saturated rings. The lowest BCUT2D eigenvalue weighted by Gasteiger charge is -2.23. The molecule has 2 aromatic rings. The Morgan fingerprint density at radius 2 is 1.76 bits per heavy atom. The first-order valence-electron chi connectivity index (χ1n) is 7.94. The minimum absolute atomic E-state index is 0.133. The molecule has 25 heavy (non-hydrogen) atoms. The number of hydrogen-bond donors (Lipinski definition) is 0. The van der Waals surface area contributed by atoms with Crippen LogP contribution in [0.2, 0.25) is 10.0 Å². The van der Waals surface area contributed by atoms with Gasteiger partial charge < -0.3 is 9.64 Å². The molecule has 132 valence electrons. The molecule has 4 nitrogen and oxygen atoms in total. The van der Waals surface area contributed by atoms with Crippen LogP contribution in [0.25, 0.3) is 0 Å². The highest BCUT2D eigenvalue weighted by atomic mass is 35.5. The molecular weight excluding hydrogens is 361 g/mol. The molecule has 0 unspecified atom stereocenters. The Bertz CT molecular complexity index is 732. The summed E-state index contributed by atoms with van der Waals surface area (Å²) in [6.07, 6.45) is 0.133.